The number of aromatic nitrogens is 5. The van der Waals surface area contributed by atoms with Crippen molar-refractivity contribution in [3.63, 3.8) is 0 Å². The summed E-state index contributed by atoms with van der Waals surface area (Å²) < 4.78 is 1.52. The minimum atomic E-state index is -0.416. The van der Waals surface area contributed by atoms with Crippen molar-refractivity contribution in [3.05, 3.63) is 46.2 Å². The van der Waals surface area contributed by atoms with E-state index in [0.29, 0.717) is 27.2 Å². The second-order valence-electron chi connectivity index (χ2n) is 6.55. The van der Waals surface area contributed by atoms with E-state index in [4.69, 9.17) is 16.4 Å². The summed E-state index contributed by atoms with van der Waals surface area (Å²) in [6.07, 6.45) is 5.72. The summed E-state index contributed by atoms with van der Waals surface area (Å²) in [7, 11) is 0. The number of aryl methyl sites for hydroxylation is 1. The van der Waals surface area contributed by atoms with Crippen molar-refractivity contribution < 1.29 is 9.63 Å². The lowest BCUT2D eigenvalue weighted by Crippen LogP contribution is -2.25. The summed E-state index contributed by atoms with van der Waals surface area (Å²) in [6.45, 7) is 1.77. The Morgan fingerprint density at radius 3 is 2.86 bits per heavy atom. The van der Waals surface area contributed by atoms with Gasteiger partial charge in [0.05, 0.1) is 10.7 Å². The topological polar surface area (TPSA) is 107 Å². The molecule has 150 valence electrons. The van der Waals surface area contributed by atoms with Crippen molar-refractivity contribution in [2.75, 3.05) is 5.32 Å². The molecule has 1 saturated carbocycles. The summed E-state index contributed by atoms with van der Waals surface area (Å²) in [6, 6.07) is 5.12. The van der Waals surface area contributed by atoms with Gasteiger partial charge in [0.2, 0.25) is 0 Å². The third-order valence-corrected chi connectivity index (χ3v) is 5.53. The fraction of sp³-hybridized carbons (Fsp3) is 0.333. The molecule has 1 N–H and O–H groups in total. The van der Waals surface area contributed by atoms with E-state index in [1.165, 1.54) is 16.0 Å². The number of hydrogen-bond acceptors (Lipinski definition) is 8. The quantitative estimate of drug-likeness (QED) is 0.473. The Hall–Kier alpha value is -2.85. The first-order chi connectivity index (χ1) is 14.1. The predicted molar refractivity (Wildman–Crippen MR) is 110 cm³/mol. The molecule has 3 aromatic rings. The lowest BCUT2D eigenvalue weighted by molar-refractivity contribution is -0.110. The van der Waals surface area contributed by atoms with Gasteiger partial charge in [-0.2, -0.15) is 4.68 Å². The number of thiazole rings is 1. The van der Waals surface area contributed by atoms with Gasteiger partial charge in [0.15, 0.2) is 16.7 Å². The van der Waals surface area contributed by atoms with E-state index in [9.17, 15) is 4.79 Å². The van der Waals surface area contributed by atoms with Crippen LogP contribution in [0.15, 0.2) is 34.9 Å². The van der Waals surface area contributed by atoms with E-state index in [-0.39, 0.29) is 11.8 Å². The van der Waals surface area contributed by atoms with Crippen LogP contribution in [0.2, 0.25) is 5.02 Å². The van der Waals surface area contributed by atoms with Crippen LogP contribution in [0.5, 0.6) is 0 Å². The monoisotopic (exact) mass is 431 g/mol. The highest BCUT2D eigenvalue weighted by molar-refractivity contribution is 7.13. The van der Waals surface area contributed by atoms with Crippen molar-refractivity contribution >= 4 is 39.7 Å². The first-order valence-electron chi connectivity index (χ1n) is 9.12. The number of halogens is 1. The van der Waals surface area contributed by atoms with E-state index in [0.717, 1.165) is 25.7 Å². The van der Waals surface area contributed by atoms with Gasteiger partial charge in [0.25, 0.3) is 5.91 Å². The molecule has 2 aromatic heterocycles. The maximum Gasteiger partial charge on any atom is 0.280 e. The van der Waals surface area contributed by atoms with Gasteiger partial charge >= 0.3 is 0 Å². The van der Waals surface area contributed by atoms with Crippen LogP contribution in [-0.4, -0.2) is 42.9 Å². The molecule has 9 nitrogen and oxygen atoms in total. The highest BCUT2D eigenvalue weighted by Crippen LogP contribution is 2.24. The predicted octanol–water partition coefficient (Wildman–Crippen LogP) is 3.38. The Morgan fingerprint density at radius 2 is 2.21 bits per heavy atom. The van der Waals surface area contributed by atoms with Crippen LogP contribution in [0, 0.1) is 6.92 Å². The summed E-state index contributed by atoms with van der Waals surface area (Å²) in [4.78, 5) is 22.6. The number of tetrazole rings is 1. The molecule has 1 aliphatic rings. The maximum atomic E-state index is 12.9. The molecule has 11 heteroatoms. The molecule has 0 spiro atoms. The van der Waals surface area contributed by atoms with Gasteiger partial charge in [-0.1, -0.05) is 22.8 Å². The second kappa shape index (κ2) is 8.66. The lowest BCUT2D eigenvalue weighted by atomic mass is 10.1. The third-order valence-electron chi connectivity index (χ3n) is 4.54. The highest BCUT2D eigenvalue weighted by atomic mass is 35.5. The zero-order chi connectivity index (χ0) is 20.2. The molecular weight excluding hydrogens is 414 g/mol. The standard InChI is InChI=1S/C18H18ClN7O2S/c1-11-22-24-25-26(11)15-7-6-12(10-14(15)19)16(23-28-13-4-2-3-5-13)17(27)21-18-20-8-9-29-18/h6-10,13H,2-5H2,1H3,(H,20,21,27). The Kier molecular flexibility index (Phi) is 5.81. The van der Waals surface area contributed by atoms with Crippen molar-refractivity contribution in [1.82, 2.24) is 25.2 Å². The molecule has 1 aromatic carbocycles. The molecule has 0 unspecified atom stereocenters. The van der Waals surface area contributed by atoms with Crippen molar-refractivity contribution in [2.24, 2.45) is 5.16 Å². The number of hydrogen-bond donors (Lipinski definition) is 1. The fourth-order valence-corrected chi connectivity index (χ4v) is 3.85. The number of carbonyl (C=O) groups is 1. The normalized spacial score (nSPS) is 14.9. The summed E-state index contributed by atoms with van der Waals surface area (Å²) >= 11 is 7.78. The van der Waals surface area contributed by atoms with Crippen LogP contribution in [-0.2, 0) is 9.63 Å². The van der Waals surface area contributed by atoms with E-state index in [2.05, 4.69) is 31.0 Å². The maximum absolute atomic E-state index is 12.9. The number of anilines is 1. The van der Waals surface area contributed by atoms with Crippen LogP contribution in [0.4, 0.5) is 5.13 Å². The first-order valence-corrected chi connectivity index (χ1v) is 10.4. The minimum Gasteiger partial charge on any atom is -0.392 e. The molecule has 1 aliphatic carbocycles. The summed E-state index contributed by atoms with van der Waals surface area (Å²) in [5, 5.41) is 21.0. The molecule has 1 amide bonds. The van der Waals surface area contributed by atoms with Crippen LogP contribution in [0.3, 0.4) is 0 Å². The fourth-order valence-electron chi connectivity index (χ4n) is 3.07. The van der Waals surface area contributed by atoms with Gasteiger partial charge in [0, 0.05) is 17.1 Å². The average molecular weight is 432 g/mol. The van der Waals surface area contributed by atoms with Gasteiger partial charge < -0.3 is 4.84 Å². The molecule has 4 rings (SSSR count). The molecule has 0 saturated heterocycles. The number of carbonyl (C=O) groups excluding carboxylic acids is 1. The van der Waals surface area contributed by atoms with Crippen molar-refractivity contribution in [3.8, 4) is 5.69 Å². The Balaban J connectivity index is 1.64. The number of nitrogens with zero attached hydrogens (tertiary/aromatic N) is 6. The second-order valence-corrected chi connectivity index (χ2v) is 7.85. The zero-order valence-corrected chi connectivity index (χ0v) is 17.2. The molecule has 0 atom stereocenters. The first kappa shape index (κ1) is 19.5. The SMILES string of the molecule is Cc1nnnn1-c1ccc(C(=NOC2CCCC2)C(=O)Nc2nccs2)cc1Cl. The highest BCUT2D eigenvalue weighted by Gasteiger charge is 2.21. The number of oxime groups is 1. The van der Waals surface area contributed by atoms with Gasteiger partial charge in [-0.25, -0.2) is 4.98 Å². The average Bonchev–Trinajstić information content (AvgIpc) is 3.46. The molecule has 0 bridgehead atoms. The van der Waals surface area contributed by atoms with Crippen molar-refractivity contribution in [1.29, 1.82) is 0 Å². The van der Waals surface area contributed by atoms with Crippen LogP contribution < -0.4 is 5.32 Å². The van der Waals surface area contributed by atoms with E-state index in [1.807, 2.05) is 0 Å². The summed E-state index contributed by atoms with van der Waals surface area (Å²) in [5.41, 5.74) is 1.26. The van der Waals surface area contributed by atoms with Crippen molar-refractivity contribution in [2.45, 2.75) is 38.7 Å². The van der Waals surface area contributed by atoms with E-state index >= 15 is 0 Å². The molecule has 0 aliphatic heterocycles. The number of amides is 1. The van der Waals surface area contributed by atoms with Gasteiger partial charge in [0.1, 0.15) is 6.10 Å². The van der Waals surface area contributed by atoms with Gasteiger partial charge in [-0.3, -0.25) is 10.1 Å². The van der Waals surface area contributed by atoms with Crippen LogP contribution >= 0.6 is 22.9 Å². The van der Waals surface area contributed by atoms with Crippen LogP contribution in [0.1, 0.15) is 37.1 Å². The molecule has 1 fully saturated rings. The van der Waals surface area contributed by atoms with E-state index in [1.54, 1.807) is 36.7 Å². The number of benzene rings is 1. The molecule has 2 heterocycles. The van der Waals surface area contributed by atoms with Gasteiger partial charge in [-0.05, 0) is 55.2 Å². The van der Waals surface area contributed by atoms with E-state index < -0.39 is 5.91 Å². The Bertz CT molecular complexity index is 1030. The molecule has 29 heavy (non-hydrogen) atoms. The van der Waals surface area contributed by atoms with Gasteiger partial charge in [-0.15, -0.1) is 16.4 Å². The number of rotatable bonds is 6. The smallest absolute Gasteiger partial charge is 0.280 e. The summed E-state index contributed by atoms with van der Waals surface area (Å²) in [5.74, 6) is 0.181. The number of nitrogens with one attached hydrogen (secondary N) is 1. The third kappa shape index (κ3) is 4.43. The molecule has 0 radical (unpaired) electrons. The largest absolute Gasteiger partial charge is 0.392 e. The zero-order valence-electron chi connectivity index (χ0n) is 15.6. The molecular formula is C18H18ClN7O2S. The minimum absolute atomic E-state index is 0.0243. The Labute approximate surface area is 175 Å². The lowest BCUT2D eigenvalue weighted by Gasteiger charge is -2.12. The Morgan fingerprint density at radius 1 is 1.38 bits per heavy atom. The van der Waals surface area contributed by atoms with Crippen LogP contribution in [0.25, 0.3) is 5.69 Å².